The predicted octanol–water partition coefficient (Wildman–Crippen LogP) is 3.28. The normalized spacial score (nSPS) is 51.6. The number of rotatable bonds is 3. The molecule has 1 heterocycles. The monoisotopic (exact) mass is 276 g/mol. The summed E-state index contributed by atoms with van der Waals surface area (Å²) in [7, 11) is 0. The summed E-state index contributed by atoms with van der Waals surface area (Å²) in [6.45, 7) is 8.56. The molecule has 0 aromatic heterocycles. The van der Waals surface area contributed by atoms with Crippen molar-refractivity contribution in [2.24, 2.45) is 23.7 Å². The average Bonchev–Trinajstić information content (AvgIpc) is 2.39. The first-order chi connectivity index (χ1) is 9.68. The van der Waals surface area contributed by atoms with Crippen LogP contribution in [0, 0.1) is 23.7 Å². The molecule has 2 unspecified atom stereocenters. The Morgan fingerprint density at radius 3 is 2.15 bits per heavy atom. The van der Waals surface area contributed by atoms with Crippen LogP contribution in [0.5, 0.6) is 0 Å². The van der Waals surface area contributed by atoms with Gasteiger partial charge in [0.1, 0.15) is 0 Å². The molecule has 0 aromatic rings. The lowest BCUT2D eigenvalue weighted by Crippen LogP contribution is -2.63. The molecule has 1 aliphatic heterocycles. The Morgan fingerprint density at radius 1 is 1.05 bits per heavy atom. The maximum atomic E-state index is 3.70. The van der Waals surface area contributed by atoms with Crippen molar-refractivity contribution >= 4 is 0 Å². The second kappa shape index (κ2) is 4.98. The third kappa shape index (κ3) is 2.14. The number of piperidine rings is 1. The highest BCUT2D eigenvalue weighted by atomic mass is 15.2. The minimum Gasteiger partial charge on any atom is -0.314 e. The van der Waals surface area contributed by atoms with Crippen LogP contribution in [-0.4, -0.2) is 36.1 Å². The molecule has 4 aliphatic carbocycles. The Labute approximate surface area is 124 Å². The lowest BCUT2D eigenvalue weighted by molar-refractivity contribution is -0.103. The van der Waals surface area contributed by atoms with Gasteiger partial charge in [-0.15, -0.1) is 0 Å². The lowest BCUT2D eigenvalue weighted by Gasteiger charge is -2.62. The molecular weight excluding hydrogens is 244 g/mol. The van der Waals surface area contributed by atoms with Gasteiger partial charge in [0, 0.05) is 24.7 Å². The average molecular weight is 276 g/mol. The van der Waals surface area contributed by atoms with E-state index in [4.69, 9.17) is 0 Å². The molecular formula is C18H32N2. The maximum absolute atomic E-state index is 3.70. The number of hydrogen-bond donors (Lipinski definition) is 1. The second-order valence-corrected chi connectivity index (χ2v) is 8.52. The molecule has 5 rings (SSSR count). The summed E-state index contributed by atoms with van der Waals surface area (Å²) in [5, 5.41) is 3.70. The summed E-state index contributed by atoms with van der Waals surface area (Å²) in [4.78, 5) is 2.95. The van der Waals surface area contributed by atoms with E-state index in [-0.39, 0.29) is 0 Å². The Kier molecular flexibility index (Phi) is 3.38. The third-order valence-corrected chi connectivity index (χ3v) is 7.05. The van der Waals surface area contributed by atoms with Gasteiger partial charge in [-0.25, -0.2) is 0 Å². The Morgan fingerprint density at radius 2 is 1.65 bits per heavy atom. The van der Waals surface area contributed by atoms with Crippen molar-refractivity contribution < 1.29 is 0 Å². The van der Waals surface area contributed by atoms with Crippen molar-refractivity contribution in [1.82, 2.24) is 10.2 Å². The summed E-state index contributed by atoms with van der Waals surface area (Å²) in [5.74, 6) is 4.09. The molecule has 0 amide bonds. The van der Waals surface area contributed by atoms with E-state index in [1.165, 1.54) is 19.5 Å². The van der Waals surface area contributed by atoms with Gasteiger partial charge in [-0.3, -0.25) is 4.90 Å². The van der Waals surface area contributed by atoms with E-state index in [1.54, 1.807) is 38.5 Å². The van der Waals surface area contributed by atoms with Crippen LogP contribution in [0.4, 0.5) is 0 Å². The van der Waals surface area contributed by atoms with Crippen molar-refractivity contribution in [2.75, 3.05) is 19.6 Å². The van der Waals surface area contributed by atoms with E-state index in [0.29, 0.717) is 5.54 Å². The Bertz CT molecular complexity index is 329. The van der Waals surface area contributed by atoms with E-state index < -0.39 is 0 Å². The SMILES string of the molecule is CCNC1CCN(C23CC4CC(CC(C4)C2)C3)CC1C. The van der Waals surface area contributed by atoms with Crippen LogP contribution < -0.4 is 5.32 Å². The summed E-state index contributed by atoms with van der Waals surface area (Å²) in [6, 6.07) is 0.769. The molecule has 2 heteroatoms. The molecule has 20 heavy (non-hydrogen) atoms. The second-order valence-electron chi connectivity index (χ2n) is 8.52. The molecule has 1 saturated heterocycles. The summed E-state index contributed by atoms with van der Waals surface area (Å²) in [6.07, 6.45) is 10.7. The van der Waals surface area contributed by atoms with Crippen molar-refractivity contribution in [3.63, 3.8) is 0 Å². The van der Waals surface area contributed by atoms with Crippen LogP contribution in [0.15, 0.2) is 0 Å². The summed E-state index contributed by atoms with van der Waals surface area (Å²) >= 11 is 0. The molecule has 0 radical (unpaired) electrons. The fourth-order valence-corrected chi connectivity index (χ4v) is 6.59. The molecule has 0 aromatic carbocycles. The highest BCUT2D eigenvalue weighted by Gasteiger charge is 2.54. The fourth-order valence-electron chi connectivity index (χ4n) is 6.59. The van der Waals surface area contributed by atoms with Gasteiger partial charge in [0.05, 0.1) is 0 Å². The zero-order valence-corrected chi connectivity index (χ0v) is 13.4. The number of likely N-dealkylation sites (tertiary alicyclic amines) is 1. The zero-order chi connectivity index (χ0) is 13.7. The molecule has 2 atom stereocenters. The predicted molar refractivity (Wildman–Crippen MR) is 83.7 cm³/mol. The van der Waals surface area contributed by atoms with E-state index in [0.717, 1.165) is 36.3 Å². The number of hydrogen-bond acceptors (Lipinski definition) is 2. The first-order valence-corrected chi connectivity index (χ1v) is 9.17. The molecule has 114 valence electrons. The molecule has 1 N–H and O–H groups in total. The fraction of sp³-hybridized carbons (Fsp3) is 1.00. The van der Waals surface area contributed by atoms with Crippen molar-refractivity contribution in [3.8, 4) is 0 Å². The molecule has 0 spiro atoms. The van der Waals surface area contributed by atoms with Gasteiger partial charge >= 0.3 is 0 Å². The van der Waals surface area contributed by atoms with Crippen molar-refractivity contribution in [1.29, 1.82) is 0 Å². The molecule has 2 nitrogen and oxygen atoms in total. The third-order valence-electron chi connectivity index (χ3n) is 7.05. The highest BCUT2D eigenvalue weighted by molar-refractivity contribution is 5.08. The number of nitrogens with one attached hydrogen (secondary N) is 1. The van der Waals surface area contributed by atoms with E-state index >= 15 is 0 Å². The zero-order valence-electron chi connectivity index (χ0n) is 13.4. The van der Waals surface area contributed by atoms with Crippen LogP contribution in [-0.2, 0) is 0 Å². The van der Waals surface area contributed by atoms with Gasteiger partial charge in [-0.2, -0.15) is 0 Å². The van der Waals surface area contributed by atoms with Crippen molar-refractivity contribution in [3.05, 3.63) is 0 Å². The largest absolute Gasteiger partial charge is 0.314 e. The van der Waals surface area contributed by atoms with Crippen LogP contribution >= 0.6 is 0 Å². The Hall–Kier alpha value is -0.0800. The lowest BCUT2D eigenvalue weighted by atomic mass is 9.52. The first-order valence-electron chi connectivity index (χ1n) is 9.17. The molecule has 5 aliphatic rings. The van der Waals surface area contributed by atoms with Gasteiger partial charge in [0.15, 0.2) is 0 Å². The summed E-state index contributed by atoms with van der Waals surface area (Å²) in [5.41, 5.74) is 0.639. The van der Waals surface area contributed by atoms with Crippen LogP contribution in [0.25, 0.3) is 0 Å². The minimum absolute atomic E-state index is 0.639. The highest BCUT2D eigenvalue weighted by Crippen LogP contribution is 2.58. The molecule has 4 bridgehead atoms. The van der Waals surface area contributed by atoms with Crippen molar-refractivity contribution in [2.45, 2.75) is 70.4 Å². The van der Waals surface area contributed by atoms with E-state index in [9.17, 15) is 0 Å². The van der Waals surface area contributed by atoms with Gasteiger partial charge in [0.2, 0.25) is 0 Å². The van der Waals surface area contributed by atoms with Gasteiger partial charge < -0.3 is 5.32 Å². The quantitative estimate of drug-likeness (QED) is 0.851. The topological polar surface area (TPSA) is 15.3 Å². The van der Waals surface area contributed by atoms with Crippen LogP contribution in [0.1, 0.15) is 58.8 Å². The van der Waals surface area contributed by atoms with Crippen LogP contribution in [0.2, 0.25) is 0 Å². The molecule has 4 saturated carbocycles. The van der Waals surface area contributed by atoms with E-state index in [2.05, 4.69) is 24.1 Å². The van der Waals surface area contributed by atoms with Gasteiger partial charge in [-0.05, 0) is 75.2 Å². The van der Waals surface area contributed by atoms with Crippen LogP contribution in [0.3, 0.4) is 0 Å². The molecule has 5 fully saturated rings. The maximum Gasteiger partial charge on any atom is 0.0217 e. The van der Waals surface area contributed by atoms with Gasteiger partial charge in [0.25, 0.3) is 0 Å². The summed E-state index contributed by atoms with van der Waals surface area (Å²) < 4.78 is 0. The minimum atomic E-state index is 0.639. The number of nitrogens with zero attached hydrogens (tertiary/aromatic N) is 1. The standard InChI is InChI=1S/C18H32N2/c1-3-19-17-4-5-20(12-13(17)2)18-9-14-6-15(10-18)8-16(7-14)11-18/h13-17,19H,3-12H2,1-2H3. The smallest absolute Gasteiger partial charge is 0.0217 e. The first kappa shape index (κ1) is 13.6. The van der Waals surface area contributed by atoms with Gasteiger partial charge in [-0.1, -0.05) is 13.8 Å². The van der Waals surface area contributed by atoms with E-state index in [1.807, 2.05) is 0 Å². The Balaban J connectivity index is 1.48.